The molecule has 4 rings (SSSR count). The molecular weight excluding hydrogens is 326 g/mol. The van der Waals surface area contributed by atoms with Crippen LogP contribution in [0.1, 0.15) is 11.1 Å². The number of carbonyl (C=O) groups is 1. The highest BCUT2D eigenvalue weighted by molar-refractivity contribution is 7.22. The number of fused-ring (bicyclic) bond motifs is 2. The van der Waals surface area contributed by atoms with Crippen molar-refractivity contribution in [2.24, 2.45) is 0 Å². The van der Waals surface area contributed by atoms with E-state index in [9.17, 15) is 4.79 Å². The standard InChI is InChI=1S/C16H13N5O2S/c1-23-13-12-14(18-9-17-13)24-15(19-12)20-16(22)21-7-6-10-4-2-3-5-11(10)8-21/h2-7,9H,8H2,1H3,(H,19,20,22). The molecule has 0 unspecified atom stereocenters. The van der Waals surface area contributed by atoms with E-state index in [1.165, 1.54) is 24.8 Å². The first kappa shape index (κ1) is 14.6. The molecule has 3 aromatic rings. The van der Waals surface area contributed by atoms with E-state index in [1.807, 2.05) is 30.3 Å². The topological polar surface area (TPSA) is 80.2 Å². The summed E-state index contributed by atoms with van der Waals surface area (Å²) in [7, 11) is 1.52. The van der Waals surface area contributed by atoms with Crippen molar-refractivity contribution in [3.8, 4) is 5.88 Å². The molecule has 0 saturated carbocycles. The normalized spacial score (nSPS) is 13.0. The van der Waals surface area contributed by atoms with Crippen LogP contribution >= 0.6 is 11.3 Å². The van der Waals surface area contributed by atoms with Crippen LogP contribution < -0.4 is 10.1 Å². The second-order valence-corrected chi connectivity index (χ2v) is 6.11. The number of hydrogen-bond donors (Lipinski definition) is 1. The third-order valence-electron chi connectivity index (χ3n) is 3.66. The maximum absolute atomic E-state index is 12.5. The van der Waals surface area contributed by atoms with Crippen LogP contribution in [0, 0.1) is 0 Å². The molecule has 1 aliphatic heterocycles. The molecule has 0 aliphatic carbocycles. The van der Waals surface area contributed by atoms with Crippen LogP contribution in [0.4, 0.5) is 9.93 Å². The summed E-state index contributed by atoms with van der Waals surface area (Å²) in [5.74, 6) is 0.392. The summed E-state index contributed by atoms with van der Waals surface area (Å²) in [4.78, 5) is 27.2. The molecule has 2 aromatic heterocycles. The molecule has 1 aromatic carbocycles. The second-order valence-electron chi connectivity index (χ2n) is 5.13. The number of methoxy groups -OCH3 is 1. The fourth-order valence-electron chi connectivity index (χ4n) is 2.49. The van der Waals surface area contributed by atoms with Gasteiger partial charge in [-0.25, -0.2) is 14.8 Å². The van der Waals surface area contributed by atoms with Gasteiger partial charge in [0.05, 0.1) is 13.7 Å². The Hall–Kier alpha value is -3.00. The quantitative estimate of drug-likeness (QED) is 0.776. The molecule has 0 radical (unpaired) electrons. The lowest BCUT2D eigenvalue weighted by Gasteiger charge is -2.23. The number of anilines is 1. The minimum absolute atomic E-state index is 0.244. The summed E-state index contributed by atoms with van der Waals surface area (Å²) >= 11 is 1.28. The molecule has 120 valence electrons. The molecular formula is C16H13N5O2S. The number of amides is 2. The van der Waals surface area contributed by atoms with Crippen LogP contribution in [0.3, 0.4) is 0 Å². The van der Waals surface area contributed by atoms with Crippen molar-refractivity contribution in [3.05, 3.63) is 47.9 Å². The minimum Gasteiger partial charge on any atom is -0.479 e. The van der Waals surface area contributed by atoms with E-state index in [2.05, 4.69) is 20.3 Å². The molecule has 0 bridgehead atoms. The number of thiazole rings is 1. The summed E-state index contributed by atoms with van der Waals surface area (Å²) in [6, 6.07) is 7.74. The Balaban J connectivity index is 1.55. The number of aromatic nitrogens is 3. The van der Waals surface area contributed by atoms with Crippen molar-refractivity contribution in [1.29, 1.82) is 0 Å². The van der Waals surface area contributed by atoms with Gasteiger partial charge in [-0.15, -0.1) is 0 Å². The predicted octanol–water partition coefficient (Wildman–Crippen LogP) is 3.11. The molecule has 3 heterocycles. The highest BCUT2D eigenvalue weighted by atomic mass is 32.1. The zero-order chi connectivity index (χ0) is 16.5. The third kappa shape index (κ3) is 2.56. The van der Waals surface area contributed by atoms with Gasteiger partial charge in [0.2, 0.25) is 5.88 Å². The highest BCUT2D eigenvalue weighted by Crippen LogP contribution is 2.29. The summed E-state index contributed by atoms with van der Waals surface area (Å²) in [6.07, 6.45) is 5.10. The van der Waals surface area contributed by atoms with E-state index in [1.54, 1.807) is 11.1 Å². The Morgan fingerprint density at radius 1 is 1.33 bits per heavy atom. The maximum Gasteiger partial charge on any atom is 0.327 e. The zero-order valence-electron chi connectivity index (χ0n) is 12.8. The summed E-state index contributed by atoms with van der Waals surface area (Å²) in [5.41, 5.74) is 2.77. The third-order valence-corrected chi connectivity index (χ3v) is 4.54. The molecule has 0 atom stereocenters. The van der Waals surface area contributed by atoms with Gasteiger partial charge in [-0.3, -0.25) is 10.2 Å². The number of nitrogens with one attached hydrogen (secondary N) is 1. The van der Waals surface area contributed by atoms with Gasteiger partial charge in [0.15, 0.2) is 15.5 Å². The molecule has 1 N–H and O–H groups in total. The van der Waals surface area contributed by atoms with Crippen LogP contribution in [-0.4, -0.2) is 33.0 Å². The van der Waals surface area contributed by atoms with Crippen molar-refractivity contribution in [3.63, 3.8) is 0 Å². The number of hydrogen-bond acceptors (Lipinski definition) is 6. The van der Waals surface area contributed by atoms with E-state index >= 15 is 0 Å². The van der Waals surface area contributed by atoms with E-state index in [4.69, 9.17) is 4.74 Å². The van der Waals surface area contributed by atoms with Gasteiger partial charge in [0, 0.05) is 6.20 Å². The number of urea groups is 1. The summed E-state index contributed by atoms with van der Waals surface area (Å²) in [5, 5.41) is 3.26. The maximum atomic E-state index is 12.5. The lowest BCUT2D eigenvalue weighted by molar-refractivity contribution is 0.227. The minimum atomic E-state index is -0.244. The molecule has 7 nitrogen and oxygen atoms in total. The molecule has 2 amide bonds. The SMILES string of the molecule is COc1ncnc2sc(NC(=O)N3C=Cc4ccccc4C3)nc12. The lowest BCUT2D eigenvalue weighted by atomic mass is 10.0. The predicted molar refractivity (Wildman–Crippen MR) is 91.8 cm³/mol. The Kier molecular flexibility index (Phi) is 3.58. The van der Waals surface area contributed by atoms with E-state index in [0.717, 1.165) is 11.1 Å². The van der Waals surface area contributed by atoms with Gasteiger partial charge in [-0.1, -0.05) is 35.6 Å². The Labute approximate surface area is 141 Å². The second kappa shape index (κ2) is 5.89. The van der Waals surface area contributed by atoms with Gasteiger partial charge < -0.3 is 4.74 Å². The molecule has 0 spiro atoms. The molecule has 24 heavy (non-hydrogen) atoms. The van der Waals surface area contributed by atoms with Gasteiger partial charge in [-0.2, -0.15) is 4.98 Å². The van der Waals surface area contributed by atoms with Crippen LogP contribution in [0.25, 0.3) is 16.4 Å². The van der Waals surface area contributed by atoms with Gasteiger partial charge >= 0.3 is 6.03 Å². The smallest absolute Gasteiger partial charge is 0.327 e. The highest BCUT2D eigenvalue weighted by Gasteiger charge is 2.19. The average molecular weight is 339 g/mol. The molecule has 1 aliphatic rings. The number of benzene rings is 1. The van der Waals surface area contributed by atoms with Gasteiger partial charge in [-0.05, 0) is 17.2 Å². The first-order valence-corrected chi connectivity index (χ1v) is 8.05. The Bertz CT molecular complexity index is 953. The van der Waals surface area contributed by atoms with Crippen LogP contribution in [0.5, 0.6) is 5.88 Å². The number of rotatable bonds is 2. The molecule has 0 saturated heterocycles. The number of carbonyl (C=O) groups excluding carboxylic acids is 1. The number of ether oxygens (including phenoxy) is 1. The summed E-state index contributed by atoms with van der Waals surface area (Å²) in [6.45, 7) is 0.520. The van der Waals surface area contributed by atoms with Crippen molar-refractivity contribution in [2.45, 2.75) is 6.54 Å². The van der Waals surface area contributed by atoms with Crippen LogP contribution in [0.15, 0.2) is 36.8 Å². The van der Waals surface area contributed by atoms with Crippen LogP contribution in [0.2, 0.25) is 0 Å². The first-order chi connectivity index (χ1) is 11.7. The van der Waals surface area contributed by atoms with Crippen molar-refractivity contribution in [2.75, 3.05) is 12.4 Å². The Morgan fingerprint density at radius 2 is 2.21 bits per heavy atom. The zero-order valence-corrected chi connectivity index (χ0v) is 13.6. The van der Waals surface area contributed by atoms with E-state index in [0.29, 0.717) is 27.9 Å². The Morgan fingerprint density at radius 3 is 3.08 bits per heavy atom. The van der Waals surface area contributed by atoms with Crippen molar-refractivity contribution < 1.29 is 9.53 Å². The average Bonchev–Trinajstić information content (AvgIpc) is 3.03. The largest absolute Gasteiger partial charge is 0.479 e. The van der Waals surface area contributed by atoms with E-state index < -0.39 is 0 Å². The fraction of sp³-hybridized carbons (Fsp3) is 0.125. The molecule has 0 fully saturated rings. The monoisotopic (exact) mass is 339 g/mol. The van der Waals surface area contributed by atoms with Gasteiger partial charge in [0.1, 0.15) is 6.33 Å². The van der Waals surface area contributed by atoms with Crippen molar-refractivity contribution >= 4 is 38.9 Å². The number of nitrogens with zero attached hydrogens (tertiary/aromatic N) is 4. The van der Waals surface area contributed by atoms with Crippen LogP contribution in [-0.2, 0) is 6.54 Å². The summed E-state index contributed by atoms with van der Waals surface area (Å²) < 4.78 is 5.16. The first-order valence-electron chi connectivity index (χ1n) is 7.24. The lowest BCUT2D eigenvalue weighted by Crippen LogP contribution is -2.31. The molecule has 8 heteroatoms. The van der Waals surface area contributed by atoms with Gasteiger partial charge in [0.25, 0.3) is 0 Å². The van der Waals surface area contributed by atoms with Crippen molar-refractivity contribution in [1.82, 2.24) is 19.9 Å². The van der Waals surface area contributed by atoms with E-state index in [-0.39, 0.29) is 6.03 Å². The fourth-order valence-corrected chi connectivity index (χ4v) is 3.27.